The molecular formula is C22H26N2O4. The number of benzene rings is 2. The third-order valence-electron chi connectivity index (χ3n) is 4.58. The van der Waals surface area contributed by atoms with Crippen molar-refractivity contribution in [2.45, 2.75) is 52.2 Å². The fourth-order valence-electron chi connectivity index (χ4n) is 2.82. The third-order valence-corrected chi connectivity index (χ3v) is 4.58. The maximum atomic E-state index is 12.5. The van der Waals surface area contributed by atoms with E-state index in [0.717, 1.165) is 0 Å². The van der Waals surface area contributed by atoms with E-state index in [4.69, 9.17) is 9.47 Å². The quantitative estimate of drug-likeness (QED) is 0.834. The van der Waals surface area contributed by atoms with E-state index in [1.807, 2.05) is 24.3 Å². The molecule has 0 saturated carbocycles. The number of carbonyl (C=O) groups is 2. The summed E-state index contributed by atoms with van der Waals surface area (Å²) in [4.78, 5) is 24.2. The molecule has 2 amide bonds. The second-order valence-corrected chi connectivity index (χ2v) is 7.98. The van der Waals surface area contributed by atoms with Gasteiger partial charge in [0.2, 0.25) is 0 Å². The Morgan fingerprint density at radius 2 is 1.86 bits per heavy atom. The van der Waals surface area contributed by atoms with Crippen molar-refractivity contribution < 1.29 is 19.1 Å². The molecule has 0 spiro atoms. The average Bonchev–Trinajstić information content (AvgIpc) is 2.62. The van der Waals surface area contributed by atoms with E-state index in [2.05, 4.69) is 31.4 Å². The van der Waals surface area contributed by atoms with Crippen LogP contribution >= 0.6 is 0 Å². The Morgan fingerprint density at radius 3 is 2.50 bits per heavy atom. The number of nitrogens with one attached hydrogen (secondary N) is 2. The number of ether oxygens (including phenoxy) is 2. The highest BCUT2D eigenvalue weighted by molar-refractivity contribution is 5.99. The fourth-order valence-corrected chi connectivity index (χ4v) is 2.82. The molecule has 3 rings (SSSR count). The lowest BCUT2D eigenvalue weighted by Crippen LogP contribution is -2.34. The van der Waals surface area contributed by atoms with Crippen molar-refractivity contribution in [2.24, 2.45) is 0 Å². The maximum Gasteiger partial charge on any atom is 0.265 e. The number of hydrogen-bond acceptors (Lipinski definition) is 4. The molecule has 1 aliphatic rings. The van der Waals surface area contributed by atoms with Gasteiger partial charge in [-0.05, 0) is 55.2 Å². The first-order chi connectivity index (χ1) is 13.1. The van der Waals surface area contributed by atoms with E-state index in [-0.39, 0.29) is 17.2 Å². The van der Waals surface area contributed by atoms with Crippen molar-refractivity contribution in [3.8, 4) is 11.5 Å². The van der Waals surface area contributed by atoms with E-state index in [1.165, 1.54) is 5.56 Å². The molecule has 0 fully saturated rings. The Labute approximate surface area is 165 Å². The zero-order valence-corrected chi connectivity index (χ0v) is 16.8. The lowest BCUT2D eigenvalue weighted by molar-refractivity contribution is -0.123. The monoisotopic (exact) mass is 382 g/mol. The number of amides is 2. The summed E-state index contributed by atoms with van der Waals surface area (Å²) in [7, 11) is 0. The SMILES string of the molecule is C[C@H](Oc1ccc(C(C)(C)C)cc1)C(=O)Nc1ccc2c(c1)NC(=O)[C@@H](C)O2. The van der Waals surface area contributed by atoms with Gasteiger partial charge < -0.3 is 20.1 Å². The van der Waals surface area contributed by atoms with E-state index < -0.39 is 12.2 Å². The standard InChI is InChI=1S/C22H26N2O4/c1-13(27-17-9-6-15(7-10-17)22(3,4)5)20(25)23-16-8-11-19-18(12-16)24-21(26)14(2)28-19/h6-14H,1-5H3,(H,23,25)(H,24,26)/t13-,14+/m0/s1. The van der Waals surface area contributed by atoms with Crippen molar-refractivity contribution in [3.05, 3.63) is 48.0 Å². The maximum absolute atomic E-state index is 12.5. The molecule has 28 heavy (non-hydrogen) atoms. The van der Waals surface area contributed by atoms with Crippen LogP contribution in [0.1, 0.15) is 40.2 Å². The first-order valence-electron chi connectivity index (χ1n) is 9.33. The Hall–Kier alpha value is -3.02. The molecule has 1 heterocycles. The molecule has 6 nitrogen and oxygen atoms in total. The van der Waals surface area contributed by atoms with Crippen LogP contribution in [0.3, 0.4) is 0 Å². The fraction of sp³-hybridized carbons (Fsp3) is 0.364. The predicted molar refractivity (Wildman–Crippen MR) is 109 cm³/mol. The molecule has 2 atom stereocenters. The molecule has 2 aromatic rings. The zero-order valence-electron chi connectivity index (χ0n) is 16.8. The van der Waals surface area contributed by atoms with Gasteiger partial charge >= 0.3 is 0 Å². The van der Waals surface area contributed by atoms with Crippen LogP contribution in [0.4, 0.5) is 11.4 Å². The summed E-state index contributed by atoms with van der Waals surface area (Å²) in [5.74, 6) is 0.715. The van der Waals surface area contributed by atoms with Gasteiger partial charge in [-0.3, -0.25) is 9.59 Å². The largest absolute Gasteiger partial charge is 0.481 e. The van der Waals surface area contributed by atoms with Crippen molar-refractivity contribution in [3.63, 3.8) is 0 Å². The third kappa shape index (κ3) is 4.44. The van der Waals surface area contributed by atoms with Crippen LogP contribution in [0, 0.1) is 0 Å². The number of rotatable bonds is 4. The van der Waals surface area contributed by atoms with Gasteiger partial charge in [-0.2, -0.15) is 0 Å². The smallest absolute Gasteiger partial charge is 0.265 e. The summed E-state index contributed by atoms with van der Waals surface area (Å²) in [5, 5.41) is 5.57. The van der Waals surface area contributed by atoms with E-state index in [9.17, 15) is 9.59 Å². The number of anilines is 2. The van der Waals surface area contributed by atoms with Crippen LogP contribution in [-0.2, 0) is 15.0 Å². The average molecular weight is 382 g/mol. The van der Waals surface area contributed by atoms with Crippen molar-refractivity contribution >= 4 is 23.2 Å². The highest BCUT2D eigenvalue weighted by Gasteiger charge is 2.24. The summed E-state index contributed by atoms with van der Waals surface area (Å²) in [6.45, 7) is 9.81. The van der Waals surface area contributed by atoms with Crippen LogP contribution in [0.5, 0.6) is 11.5 Å². The molecule has 2 N–H and O–H groups in total. The Bertz CT molecular complexity index is 884. The number of hydrogen-bond donors (Lipinski definition) is 2. The van der Waals surface area contributed by atoms with Gasteiger partial charge in [-0.1, -0.05) is 32.9 Å². The molecule has 0 saturated heterocycles. The summed E-state index contributed by atoms with van der Waals surface area (Å²) in [5.41, 5.74) is 2.35. The van der Waals surface area contributed by atoms with Gasteiger partial charge in [0.05, 0.1) is 5.69 Å². The van der Waals surface area contributed by atoms with Gasteiger partial charge in [0.25, 0.3) is 11.8 Å². The van der Waals surface area contributed by atoms with Gasteiger partial charge in [0.1, 0.15) is 11.5 Å². The minimum absolute atomic E-state index is 0.0604. The molecule has 0 unspecified atom stereocenters. The Kier molecular flexibility index (Phi) is 5.31. The van der Waals surface area contributed by atoms with Crippen molar-refractivity contribution in [2.75, 3.05) is 10.6 Å². The number of fused-ring (bicyclic) bond motifs is 1. The highest BCUT2D eigenvalue weighted by Crippen LogP contribution is 2.32. The van der Waals surface area contributed by atoms with Crippen molar-refractivity contribution in [1.82, 2.24) is 0 Å². The minimum Gasteiger partial charge on any atom is -0.481 e. The first kappa shape index (κ1) is 19.7. The Morgan fingerprint density at radius 1 is 1.18 bits per heavy atom. The van der Waals surface area contributed by atoms with Gasteiger partial charge in [0, 0.05) is 5.69 Å². The zero-order chi connectivity index (χ0) is 20.5. The van der Waals surface area contributed by atoms with E-state index in [0.29, 0.717) is 22.9 Å². The van der Waals surface area contributed by atoms with Crippen LogP contribution in [0.2, 0.25) is 0 Å². The van der Waals surface area contributed by atoms with Crippen LogP contribution < -0.4 is 20.1 Å². The van der Waals surface area contributed by atoms with Crippen LogP contribution in [-0.4, -0.2) is 24.0 Å². The highest BCUT2D eigenvalue weighted by atomic mass is 16.5. The molecular weight excluding hydrogens is 356 g/mol. The van der Waals surface area contributed by atoms with Gasteiger partial charge in [-0.25, -0.2) is 0 Å². The predicted octanol–water partition coefficient (Wildman–Crippen LogP) is 4.11. The summed E-state index contributed by atoms with van der Waals surface area (Å²) in [6.07, 6.45) is -1.21. The molecule has 2 aromatic carbocycles. The summed E-state index contributed by atoms with van der Waals surface area (Å²) in [6, 6.07) is 12.9. The lowest BCUT2D eigenvalue weighted by Gasteiger charge is -2.24. The molecule has 1 aliphatic heterocycles. The lowest BCUT2D eigenvalue weighted by atomic mass is 9.87. The molecule has 148 valence electrons. The second-order valence-electron chi connectivity index (χ2n) is 7.98. The number of carbonyl (C=O) groups excluding carboxylic acids is 2. The van der Waals surface area contributed by atoms with Gasteiger partial charge in [-0.15, -0.1) is 0 Å². The Balaban J connectivity index is 1.63. The summed E-state index contributed by atoms with van der Waals surface area (Å²) >= 11 is 0. The topological polar surface area (TPSA) is 76.7 Å². The molecule has 0 aromatic heterocycles. The van der Waals surface area contributed by atoms with Gasteiger partial charge in [0.15, 0.2) is 12.2 Å². The van der Waals surface area contributed by atoms with E-state index in [1.54, 1.807) is 32.0 Å². The molecule has 6 heteroatoms. The molecule has 0 radical (unpaired) electrons. The first-order valence-corrected chi connectivity index (χ1v) is 9.33. The normalized spacial score (nSPS) is 17.0. The molecule has 0 bridgehead atoms. The minimum atomic E-state index is -0.678. The summed E-state index contributed by atoms with van der Waals surface area (Å²) < 4.78 is 11.3. The van der Waals surface area contributed by atoms with E-state index >= 15 is 0 Å². The molecule has 0 aliphatic carbocycles. The van der Waals surface area contributed by atoms with Crippen LogP contribution in [0.15, 0.2) is 42.5 Å². The second kappa shape index (κ2) is 7.54. The van der Waals surface area contributed by atoms with Crippen molar-refractivity contribution in [1.29, 1.82) is 0 Å². The van der Waals surface area contributed by atoms with Crippen LogP contribution in [0.25, 0.3) is 0 Å².